The van der Waals surface area contributed by atoms with E-state index in [4.69, 9.17) is 10.2 Å². The minimum Gasteiger partial charge on any atom is -0.395 e. The molecule has 0 atom stereocenters. The molecule has 0 aliphatic rings. The van der Waals surface area contributed by atoms with E-state index in [0.717, 1.165) is 11.3 Å². The lowest BCUT2D eigenvalue weighted by molar-refractivity contribution is 0.101. The average molecular weight is 237 g/mol. The molecule has 94 valence electrons. The summed E-state index contributed by atoms with van der Waals surface area (Å²) in [5.74, 6) is -0.0131. The molecule has 1 rings (SSSR count). The molecule has 1 aromatic carbocycles. The molecule has 17 heavy (non-hydrogen) atoms. The van der Waals surface area contributed by atoms with Gasteiger partial charge in [-0.15, -0.1) is 0 Å². The van der Waals surface area contributed by atoms with Gasteiger partial charge in [0.25, 0.3) is 0 Å². The summed E-state index contributed by atoms with van der Waals surface area (Å²) >= 11 is 0. The smallest absolute Gasteiger partial charge is 0.161 e. The molecule has 0 fully saturated rings. The van der Waals surface area contributed by atoms with Crippen LogP contribution in [0.1, 0.15) is 22.8 Å². The lowest BCUT2D eigenvalue weighted by atomic mass is 10.1. The first-order valence-corrected chi connectivity index (χ1v) is 5.68. The molecule has 0 unspecified atom stereocenters. The number of rotatable bonds is 6. The Morgan fingerprint density at radius 1 is 1.24 bits per heavy atom. The molecular weight excluding hydrogens is 218 g/mol. The van der Waals surface area contributed by atoms with Crippen LogP contribution < -0.4 is 4.90 Å². The largest absolute Gasteiger partial charge is 0.395 e. The number of carbonyl (C=O) groups is 1. The van der Waals surface area contributed by atoms with Gasteiger partial charge in [0.1, 0.15) is 0 Å². The van der Waals surface area contributed by atoms with Gasteiger partial charge in [0.15, 0.2) is 5.78 Å². The SMILES string of the molecule is CC(=O)c1ccc(C)cc1N(CCO)CCO. The van der Waals surface area contributed by atoms with Crippen molar-refractivity contribution in [2.75, 3.05) is 31.2 Å². The molecule has 4 heteroatoms. The van der Waals surface area contributed by atoms with Gasteiger partial charge in [0.05, 0.1) is 13.2 Å². The van der Waals surface area contributed by atoms with Gasteiger partial charge < -0.3 is 15.1 Å². The molecule has 4 nitrogen and oxygen atoms in total. The third kappa shape index (κ3) is 3.54. The fourth-order valence-electron chi connectivity index (χ4n) is 1.80. The normalized spacial score (nSPS) is 10.4. The third-order valence-electron chi connectivity index (χ3n) is 2.61. The second-order valence-corrected chi connectivity index (χ2v) is 4.01. The highest BCUT2D eigenvalue weighted by atomic mass is 16.3. The van der Waals surface area contributed by atoms with Crippen LogP contribution in [-0.4, -0.2) is 42.3 Å². The fourth-order valence-corrected chi connectivity index (χ4v) is 1.80. The third-order valence-corrected chi connectivity index (χ3v) is 2.61. The summed E-state index contributed by atoms with van der Waals surface area (Å²) in [7, 11) is 0. The summed E-state index contributed by atoms with van der Waals surface area (Å²) in [6.07, 6.45) is 0. The van der Waals surface area contributed by atoms with Crippen LogP contribution in [0.25, 0.3) is 0 Å². The van der Waals surface area contributed by atoms with Crippen LogP contribution in [0.5, 0.6) is 0 Å². The van der Waals surface area contributed by atoms with Crippen molar-refractivity contribution in [3.8, 4) is 0 Å². The zero-order chi connectivity index (χ0) is 12.8. The first-order valence-electron chi connectivity index (χ1n) is 5.68. The average Bonchev–Trinajstić information content (AvgIpc) is 2.28. The summed E-state index contributed by atoms with van der Waals surface area (Å²) < 4.78 is 0. The lowest BCUT2D eigenvalue weighted by Gasteiger charge is -2.25. The maximum atomic E-state index is 11.5. The quantitative estimate of drug-likeness (QED) is 0.724. The molecule has 0 heterocycles. The Morgan fingerprint density at radius 2 is 1.82 bits per heavy atom. The number of ketones is 1. The van der Waals surface area contributed by atoms with Crippen molar-refractivity contribution in [1.82, 2.24) is 0 Å². The molecular formula is C13H19NO3. The predicted molar refractivity (Wildman–Crippen MR) is 67.6 cm³/mol. The maximum absolute atomic E-state index is 11.5. The fraction of sp³-hybridized carbons (Fsp3) is 0.462. The highest BCUT2D eigenvalue weighted by molar-refractivity contribution is 5.99. The Balaban J connectivity index is 3.14. The summed E-state index contributed by atoms with van der Waals surface area (Å²) in [6.45, 7) is 4.26. The molecule has 0 aromatic heterocycles. The van der Waals surface area contributed by atoms with Gasteiger partial charge in [0, 0.05) is 24.3 Å². The number of hydrogen-bond acceptors (Lipinski definition) is 4. The second-order valence-electron chi connectivity index (χ2n) is 4.01. The second kappa shape index (κ2) is 6.37. The summed E-state index contributed by atoms with van der Waals surface area (Å²) in [5.41, 5.74) is 2.45. The topological polar surface area (TPSA) is 60.8 Å². The van der Waals surface area contributed by atoms with E-state index in [9.17, 15) is 4.79 Å². The first-order chi connectivity index (χ1) is 8.10. The van der Waals surface area contributed by atoms with Crippen LogP contribution in [0.2, 0.25) is 0 Å². The van der Waals surface area contributed by atoms with Crippen LogP contribution in [0.4, 0.5) is 5.69 Å². The molecule has 0 bridgehead atoms. The van der Waals surface area contributed by atoms with E-state index in [-0.39, 0.29) is 19.0 Å². The van der Waals surface area contributed by atoms with Crippen molar-refractivity contribution >= 4 is 11.5 Å². The lowest BCUT2D eigenvalue weighted by Crippen LogP contribution is -2.31. The van der Waals surface area contributed by atoms with Gasteiger partial charge in [0.2, 0.25) is 0 Å². The number of benzene rings is 1. The van der Waals surface area contributed by atoms with Crippen molar-refractivity contribution in [1.29, 1.82) is 0 Å². The Labute approximate surface area is 101 Å². The summed E-state index contributed by atoms with van der Waals surface area (Å²) in [4.78, 5) is 13.4. The van der Waals surface area contributed by atoms with E-state index in [2.05, 4.69) is 0 Å². The van der Waals surface area contributed by atoms with Gasteiger partial charge in [-0.25, -0.2) is 0 Å². The van der Waals surface area contributed by atoms with E-state index >= 15 is 0 Å². The Morgan fingerprint density at radius 3 is 2.29 bits per heavy atom. The van der Waals surface area contributed by atoms with Crippen LogP contribution in [0.15, 0.2) is 18.2 Å². The van der Waals surface area contributed by atoms with Crippen LogP contribution >= 0.6 is 0 Å². The Hall–Kier alpha value is -1.39. The van der Waals surface area contributed by atoms with E-state index in [1.165, 1.54) is 6.92 Å². The summed E-state index contributed by atoms with van der Waals surface area (Å²) in [6, 6.07) is 5.58. The molecule has 0 saturated carbocycles. The molecule has 0 spiro atoms. The molecule has 0 aliphatic carbocycles. The predicted octanol–water partition coefficient (Wildman–Crippen LogP) is 0.989. The molecule has 0 radical (unpaired) electrons. The number of anilines is 1. The molecule has 1 aromatic rings. The monoisotopic (exact) mass is 237 g/mol. The van der Waals surface area contributed by atoms with Gasteiger partial charge in [-0.2, -0.15) is 0 Å². The maximum Gasteiger partial charge on any atom is 0.161 e. The van der Waals surface area contributed by atoms with E-state index in [1.54, 1.807) is 6.07 Å². The van der Waals surface area contributed by atoms with Gasteiger partial charge in [-0.3, -0.25) is 4.79 Å². The van der Waals surface area contributed by atoms with Crippen molar-refractivity contribution < 1.29 is 15.0 Å². The zero-order valence-electron chi connectivity index (χ0n) is 10.3. The number of nitrogens with zero attached hydrogens (tertiary/aromatic N) is 1. The van der Waals surface area contributed by atoms with Gasteiger partial charge >= 0.3 is 0 Å². The standard InChI is InChI=1S/C13H19NO3/c1-10-3-4-12(11(2)17)13(9-10)14(5-7-15)6-8-16/h3-4,9,15-16H,5-8H2,1-2H3. The highest BCUT2D eigenvalue weighted by Crippen LogP contribution is 2.22. The molecule has 0 aliphatic heterocycles. The van der Waals surface area contributed by atoms with Crippen LogP contribution in [0, 0.1) is 6.92 Å². The molecule has 0 saturated heterocycles. The van der Waals surface area contributed by atoms with Crippen molar-refractivity contribution in [2.45, 2.75) is 13.8 Å². The minimum absolute atomic E-state index is 0.00864. The van der Waals surface area contributed by atoms with E-state index in [0.29, 0.717) is 18.7 Å². The number of aliphatic hydroxyl groups excluding tert-OH is 2. The number of aliphatic hydroxyl groups is 2. The minimum atomic E-state index is -0.0131. The Kier molecular flexibility index (Phi) is 5.12. The number of aryl methyl sites for hydroxylation is 1. The van der Waals surface area contributed by atoms with Crippen molar-refractivity contribution in [2.24, 2.45) is 0 Å². The van der Waals surface area contributed by atoms with Crippen molar-refractivity contribution in [3.63, 3.8) is 0 Å². The molecule has 2 N–H and O–H groups in total. The van der Waals surface area contributed by atoms with Crippen LogP contribution in [-0.2, 0) is 0 Å². The highest BCUT2D eigenvalue weighted by Gasteiger charge is 2.13. The Bertz CT molecular complexity index is 384. The zero-order valence-corrected chi connectivity index (χ0v) is 10.3. The number of Topliss-reactive ketones (excluding diaryl/α,β-unsaturated/α-hetero) is 1. The van der Waals surface area contributed by atoms with Gasteiger partial charge in [-0.1, -0.05) is 6.07 Å². The number of carbonyl (C=O) groups excluding carboxylic acids is 1. The molecule has 0 amide bonds. The van der Waals surface area contributed by atoms with E-state index in [1.807, 2.05) is 24.0 Å². The first kappa shape index (κ1) is 13.7. The van der Waals surface area contributed by atoms with E-state index < -0.39 is 0 Å². The van der Waals surface area contributed by atoms with Gasteiger partial charge in [-0.05, 0) is 31.5 Å². The number of hydrogen-bond donors (Lipinski definition) is 2. The van der Waals surface area contributed by atoms with Crippen molar-refractivity contribution in [3.05, 3.63) is 29.3 Å². The summed E-state index contributed by atoms with van der Waals surface area (Å²) in [5, 5.41) is 18.0. The van der Waals surface area contributed by atoms with Crippen LogP contribution in [0.3, 0.4) is 0 Å².